The Balaban J connectivity index is 1.25. The van der Waals surface area contributed by atoms with Crippen molar-refractivity contribution in [2.45, 2.75) is 74.8 Å². The van der Waals surface area contributed by atoms with Gasteiger partial charge in [0.2, 0.25) is 0 Å². The third kappa shape index (κ3) is 11.2. The van der Waals surface area contributed by atoms with Crippen LogP contribution in [0.3, 0.4) is 0 Å². The molecule has 70 heavy (non-hydrogen) atoms. The lowest BCUT2D eigenvalue weighted by Crippen LogP contribution is -2.51. The van der Waals surface area contributed by atoms with Gasteiger partial charge in [-0.1, -0.05) is 135 Å². The number of nitrogens with zero attached hydrogens (tertiary/aromatic N) is 4. The lowest BCUT2D eigenvalue weighted by Gasteiger charge is -2.42. The molecule has 0 spiro atoms. The predicted molar refractivity (Wildman–Crippen MR) is 281 cm³/mol. The van der Waals surface area contributed by atoms with E-state index in [2.05, 4.69) is 49.1 Å². The number of amides is 1. The Morgan fingerprint density at radius 2 is 1.44 bits per heavy atom. The average molecular weight is 1060 g/mol. The molecular formula is C51H53Cl2N5O8PS2Si-. The molecule has 5 atom stereocenters. The molecule has 0 saturated carbocycles. The number of ether oxygens (including phenoxy) is 4. The SMILES string of the molecule is COc1ccc(C(OC[C@H]2O[C@@H](n3cnc4c(NC(=O)c5ccccc5)ncnc43)[C@H](OP([O-])(=S)SCc3ccc(Cl)cc3Cl)[C@@H]2O[Si](C)(C)C(C)(C)C)(c2ccccc2)c2ccc(OC)cc2)cc1. The minimum Gasteiger partial charge on any atom is -0.793 e. The maximum Gasteiger partial charge on any atom is 0.256 e. The summed E-state index contributed by atoms with van der Waals surface area (Å²) in [5, 5.41) is 3.46. The number of halogens is 2. The second-order valence-corrected chi connectivity index (χ2v) is 29.7. The largest absolute Gasteiger partial charge is 0.793 e. The van der Waals surface area contributed by atoms with E-state index in [4.69, 9.17) is 67.9 Å². The highest BCUT2D eigenvalue weighted by Crippen LogP contribution is 2.58. The smallest absolute Gasteiger partial charge is 0.256 e. The molecule has 0 radical (unpaired) electrons. The maximum absolute atomic E-state index is 14.8. The lowest BCUT2D eigenvalue weighted by molar-refractivity contribution is -0.183. The molecule has 366 valence electrons. The number of nitrogens with one attached hydrogen (secondary N) is 1. The molecule has 1 N–H and O–H groups in total. The number of hydrogen-bond donors (Lipinski definition) is 1. The molecule has 19 heteroatoms. The molecule has 0 bridgehead atoms. The highest BCUT2D eigenvalue weighted by molar-refractivity contribution is 8.66. The van der Waals surface area contributed by atoms with E-state index in [1.165, 1.54) is 12.7 Å². The van der Waals surface area contributed by atoms with Crippen molar-refractivity contribution < 1.29 is 37.6 Å². The molecular weight excluding hydrogens is 1000 g/mol. The summed E-state index contributed by atoms with van der Waals surface area (Å²) >= 11 is 19.6. The Hall–Kier alpha value is -4.68. The van der Waals surface area contributed by atoms with Crippen molar-refractivity contribution in [2.24, 2.45) is 0 Å². The van der Waals surface area contributed by atoms with Crippen molar-refractivity contribution in [1.82, 2.24) is 19.5 Å². The number of fused-ring (bicyclic) bond motifs is 1. The van der Waals surface area contributed by atoms with Crippen molar-refractivity contribution >= 4 is 83.3 Å². The summed E-state index contributed by atoms with van der Waals surface area (Å²) in [5.74, 6) is 1.32. The monoisotopic (exact) mass is 1060 g/mol. The molecule has 8 rings (SSSR count). The van der Waals surface area contributed by atoms with Gasteiger partial charge in [-0.05, 0) is 88.9 Å². The van der Waals surface area contributed by atoms with E-state index in [1.54, 1.807) is 61.3 Å². The topological polar surface area (TPSA) is 151 Å². The summed E-state index contributed by atoms with van der Waals surface area (Å²) in [6.45, 7) is 10.6. The van der Waals surface area contributed by atoms with Crippen LogP contribution >= 0.6 is 40.3 Å². The summed E-state index contributed by atoms with van der Waals surface area (Å²) in [5.41, 5.74) is -1.08. The zero-order valence-electron chi connectivity index (χ0n) is 39.6. The van der Waals surface area contributed by atoms with Crippen molar-refractivity contribution in [2.75, 3.05) is 26.1 Å². The van der Waals surface area contributed by atoms with Crippen LogP contribution in [0.4, 0.5) is 5.82 Å². The first kappa shape index (κ1) is 51.7. The van der Waals surface area contributed by atoms with Crippen LogP contribution in [0.25, 0.3) is 11.2 Å². The molecule has 5 aromatic carbocycles. The van der Waals surface area contributed by atoms with Gasteiger partial charge in [0.1, 0.15) is 41.7 Å². The van der Waals surface area contributed by atoms with Gasteiger partial charge in [0.15, 0.2) is 31.5 Å². The second kappa shape index (κ2) is 21.6. The van der Waals surface area contributed by atoms with E-state index in [-0.39, 0.29) is 34.6 Å². The van der Waals surface area contributed by atoms with Crippen LogP contribution in [0.2, 0.25) is 28.2 Å². The Morgan fingerprint density at radius 1 is 0.843 bits per heavy atom. The van der Waals surface area contributed by atoms with Gasteiger partial charge in [0, 0.05) is 27.1 Å². The summed E-state index contributed by atoms with van der Waals surface area (Å²) in [6, 6.07) is 39.3. The van der Waals surface area contributed by atoms with Gasteiger partial charge in [-0.25, -0.2) is 15.0 Å². The van der Waals surface area contributed by atoms with Crippen LogP contribution in [-0.4, -0.2) is 72.9 Å². The van der Waals surface area contributed by atoms with Gasteiger partial charge in [-0.3, -0.25) is 9.36 Å². The number of carbonyl (C=O) groups excluding carboxylic acids is 1. The molecule has 1 saturated heterocycles. The van der Waals surface area contributed by atoms with E-state index in [0.717, 1.165) is 28.1 Å². The van der Waals surface area contributed by atoms with E-state index < -0.39 is 44.2 Å². The number of imidazole rings is 1. The van der Waals surface area contributed by atoms with Crippen molar-refractivity contribution in [3.63, 3.8) is 0 Å². The van der Waals surface area contributed by atoms with E-state index in [1.807, 2.05) is 84.9 Å². The highest BCUT2D eigenvalue weighted by atomic mass is 35.5. The lowest BCUT2D eigenvalue weighted by atomic mass is 9.80. The van der Waals surface area contributed by atoms with E-state index >= 15 is 0 Å². The number of aromatic nitrogens is 4. The Morgan fingerprint density at radius 3 is 2.03 bits per heavy atom. The zero-order chi connectivity index (χ0) is 49.8. The van der Waals surface area contributed by atoms with Gasteiger partial charge in [0.25, 0.3) is 5.91 Å². The standard InChI is InChI=1S/C51H54Cl2N5O8PS2Si/c1-50(2,3)70(6,7)66-44-42(29-63-51(35-16-12-9-13-17-35,36-19-24-39(61-4)25-20-36)37-21-26-40(62-5)27-22-37)64-49(45(44)65-67(60,68)69-30-34-18-23-38(52)28-41(34)53)58-32-56-43-46(54-31-55-47(43)58)57-48(59)33-14-10-8-11-15-33/h8-28,31-32,42,44-45,49H,29-30H2,1-7H3,(H,60,68)(H,54,55,57,59)/p-1/t42-,44-,45-,49-,67?/m1/s1. The fourth-order valence-electron chi connectivity index (χ4n) is 7.98. The van der Waals surface area contributed by atoms with E-state index in [0.29, 0.717) is 38.3 Å². The molecule has 7 aromatic rings. The number of carbonyl (C=O) groups is 1. The Bertz CT molecular complexity index is 2920. The number of benzene rings is 5. The van der Waals surface area contributed by atoms with Crippen LogP contribution in [0.1, 0.15) is 59.6 Å². The van der Waals surface area contributed by atoms with Gasteiger partial charge in [-0.2, -0.15) is 0 Å². The van der Waals surface area contributed by atoms with Crippen molar-refractivity contribution in [1.29, 1.82) is 0 Å². The second-order valence-electron chi connectivity index (χ2n) is 18.1. The molecule has 13 nitrogen and oxygen atoms in total. The van der Waals surface area contributed by atoms with Crippen LogP contribution < -0.4 is 19.7 Å². The third-order valence-corrected chi connectivity index (χ3v) is 21.8. The Kier molecular flexibility index (Phi) is 15.9. The molecule has 1 amide bonds. The highest BCUT2D eigenvalue weighted by Gasteiger charge is 2.53. The molecule has 1 unspecified atom stereocenters. The van der Waals surface area contributed by atoms with Crippen LogP contribution in [-0.2, 0) is 41.6 Å². The van der Waals surface area contributed by atoms with Crippen LogP contribution in [0.5, 0.6) is 11.5 Å². The van der Waals surface area contributed by atoms with Gasteiger partial charge in [-0.15, -0.1) is 11.4 Å². The molecule has 1 aliphatic rings. The minimum atomic E-state index is -4.01. The fourth-order valence-corrected chi connectivity index (χ4v) is 13.1. The fraction of sp³-hybridized carbons (Fsp3) is 0.294. The van der Waals surface area contributed by atoms with Crippen molar-refractivity contribution in [3.8, 4) is 11.5 Å². The summed E-state index contributed by atoms with van der Waals surface area (Å²) in [4.78, 5) is 42.0. The molecule has 0 aliphatic carbocycles. The number of hydrogen-bond acceptors (Lipinski definition) is 13. The molecule has 1 fully saturated rings. The predicted octanol–water partition coefficient (Wildman–Crippen LogP) is 11.6. The first-order chi connectivity index (χ1) is 33.4. The van der Waals surface area contributed by atoms with Gasteiger partial charge in [0.05, 0.1) is 27.2 Å². The maximum atomic E-state index is 14.8. The first-order valence-electron chi connectivity index (χ1n) is 22.4. The number of rotatable bonds is 18. The van der Waals surface area contributed by atoms with Crippen molar-refractivity contribution in [3.05, 3.63) is 178 Å². The van der Waals surface area contributed by atoms with Crippen LogP contribution in [0.15, 0.2) is 140 Å². The number of anilines is 1. The first-order valence-corrected chi connectivity index (χ1v) is 30.3. The van der Waals surface area contributed by atoms with Gasteiger partial charge >= 0.3 is 0 Å². The summed E-state index contributed by atoms with van der Waals surface area (Å²) < 4.78 is 41.6. The average Bonchev–Trinajstić information content (AvgIpc) is 3.92. The zero-order valence-corrected chi connectivity index (χ0v) is 44.6. The Labute approximate surface area is 428 Å². The normalized spacial score (nSPS) is 18.4. The molecule has 3 heterocycles. The summed E-state index contributed by atoms with van der Waals surface area (Å²) in [6.07, 6.45) is -1.16. The quantitative estimate of drug-likeness (QED) is 0.0494. The summed E-state index contributed by atoms with van der Waals surface area (Å²) in [7, 11) is 0.517. The van der Waals surface area contributed by atoms with Gasteiger partial charge < -0.3 is 38.1 Å². The minimum absolute atomic E-state index is 0.0716. The third-order valence-electron chi connectivity index (χ3n) is 12.7. The molecule has 2 aromatic heterocycles. The van der Waals surface area contributed by atoms with E-state index in [9.17, 15) is 9.69 Å². The molecule has 1 aliphatic heterocycles. The van der Waals surface area contributed by atoms with Crippen LogP contribution in [0, 0.1) is 0 Å². The number of methoxy groups -OCH3 is 2.